The van der Waals surface area contributed by atoms with Crippen LogP contribution in [-0.2, 0) is 11.2 Å². The number of rotatable bonds is 7. The van der Waals surface area contributed by atoms with Crippen LogP contribution >= 0.6 is 11.6 Å². The Labute approximate surface area is 141 Å². The molecule has 0 radical (unpaired) electrons. The van der Waals surface area contributed by atoms with Crippen molar-refractivity contribution in [2.75, 3.05) is 18.9 Å². The van der Waals surface area contributed by atoms with Crippen molar-refractivity contribution >= 4 is 23.2 Å². The Morgan fingerprint density at radius 3 is 2.65 bits per heavy atom. The van der Waals surface area contributed by atoms with Crippen LogP contribution in [0.5, 0.6) is 5.75 Å². The van der Waals surface area contributed by atoms with Gasteiger partial charge in [-0.3, -0.25) is 4.79 Å². The van der Waals surface area contributed by atoms with Crippen LogP contribution in [0.15, 0.2) is 42.5 Å². The number of hydrogen-bond donors (Lipinski definition) is 2. The monoisotopic (exact) mass is 332 g/mol. The van der Waals surface area contributed by atoms with Gasteiger partial charge in [-0.05, 0) is 54.8 Å². The minimum atomic E-state index is -0.00237. The first-order valence-corrected chi connectivity index (χ1v) is 7.92. The first-order chi connectivity index (χ1) is 11.0. The van der Waals surface area contributed by atoms with Crippen LogP contribution in [0.25, 0.3) is 0 Å². The third-order valence-electron chi connectivity index (χ3n) is 3.38. The van der Waals surface area contributed by atoms with Gasteiger partial charge in [0, 0.05) is 17.3 Å². The summed E-state index contributed by atoms with van der Waals surface area (Å²) in [5.41, 5.74) is 8.27. The van der Waals surface area contributed by atoms with Crippen molar-refractivity contribution in [1.29, 1.82) is 0 Å². The molecule has 0 aliphatic heterocycles. The van der Waals surface area contributed by atoms with Crippen LogP contribution in [-0.4, -0.2) is 19.1 Å². The van der Waals surface area contributed by atoms with E-state index in [9.17, 15) is 4.79 Å². The van der Waals surface area contributed by atoms with Crippen LogP contribution in [0, 0.1) is 6.92 Å². The highest BCUT2D eigenvalue weighted by Gasteiger charge is 2.03. The van der Waals surface area contributed by atoms with Crippen molar-refractivity contribution in [3.63, 3.8) is 0 Å². The summed E-state index contributed by atoms with van der Waals surface area (Å²) in [6.07, 6.45) is 1.10. The minimum absolute atomic E-state index is 0.00237. The fourth-order valence-corrected chi connectivity index (χ4v) is 2.37. The molecule has 0 heterocycles. The molecule has 23 heavy (non-hydrogen) atoms. The highest BCUT2D eigenvalue weighted by Crippen LogP contribution is 2.21. The molecule has 2 aromatic rings. The number of carbonyl (C=O) groups is 1. The van der Waals surface area contributed by atoms with Crippen LogP contribution in [0.4, 0.5) is 5.69 Å². The number of nitrogens with two attached hydrogens (primary N) is 1. The maximum atomic E-state index is 11.8. The smallest absolute Gasteiger partial charge is 0.224 e. The summed E-state index contributed by atoms with van der Waals surface area (Å²) < 4.78 is 5.68. The van der Waals surface area contributed by atoms with Gasteiger partial charge in [-0.1, -0.05) is 23.7 Å². The summed E-state index contributed by atoms with van der Waals surface area (Å²) >= 11 is 5.90. The van der Waals surface area contributed by atoms with Gasteiger partial charge in [0.1, 0.15) is 5.75 Å². The molecule has 0 fully saturated rings. The van der Waals surface area contributed by atoms with Crippen molar-refractivity contribution in [3.8, 4) is 5.75 Å². The van der Waals surface area contributed by atoms with Gasteiger partial charge in [0.2, 0.25) is 5.91 Å². The quantitative estimate of drug-likeness (QED) is 0.603. The second kappa shape index (κ2) is 8.44. The summed E-state index contributed by atoms with van der Waals surface area (Å²) in [5.74, 6) is 0.819. The summed E-state index contributed by atoms with van der Waals surface area (Å²) in [6.45, 7) is 3.08. The zero-order valence-electron chi connectivity index (χ0n) is 13.1. The van der Waals surface area contributed by atoms with E-state index in [1.54, 1.807) is 18.2 Å². The van der Waals surface area contributed by atoms with Crippen LogP contribution < -0.4 is 15.8 Å². The van der Waals surface area contributed by atoms with Crippen molar-refractivity contribution in [2.45, 2.75) is 19.8 Å². The van der Waals surface area contributed by atoms with Crippen LogP contribution in [0.2, 0.25) is 5.02 Å². The van der Waals surface area contributed by atoms with Gasteiger partial charge < -0.3 is 15.8 Å². The Hall–Kier alpha value is -2.20. The lowest BCUT2D eigenvalue weighted by molar-refractivity contribution is -0.120. The lowest BCUT2D eigenvalue weighted by Crippen LogP contribution is -2.27. The Morgan fingerprint density at radius 2 is 1.96 bits per heavy atom. The van der Waals surface area contributed by atoms with E-state index in [1.165, 1.54) is 0 Å². The van der Waals surface area contributed by atoms with Crippen molar-refractivity contribution in [2.24, 2.45) is 0 Å². The highest BCUT2D eigenvalue weighted by atomic mass is 35.5. The first-order valence-electron chi connectivity index (χ1n) is 7.54. The molecule has 2 rings (SSSR count). The number of amides is 1. The van der Waals surface area contributed by atoms with E-state index in [0.717, 1.165) is 23.3 Å². The SMILES string of the molecule is Cc1cc(Cl)ccc1OCCCNC(=O)Cc1ccc(N)cc1. The molecule has 0 atom stereocenters. The number of anilines is 1. The largest absolute Gasteiger partial charge is 0.493 e. The fraction of sp³-hybridized carbons (Fsp3) is 0.278. The van der Waals surface area contributed by atoms with E-state index in [0.29, 0.717) is 30.3 Å². The van der Waals surface area contributed by atoms with Gasteiger partial charge >= 0.3 is 0 Å². The van der Waals surface area contributed by atoms with E-state index in [1.807, 2.05) is 31.2 Å². The van der Waals surface area contributed by atoms with Gasteiger partial charge in [-0.15, -0.1) is 0 Å². The second-order valence-electron chi connectivity index (χ2n) is 5.38. The van der Waals surface area contributed by atoms with E-state index in [-0.39, 0.29) is 5.91 Å². The maximum absolute atomic E-state index is 11.8. The number of nitrogen functional groups attached to an aromatic ring is 1. The van der Waals surface area contributed by atoms with Gasteiger partial charge in [0.15, 0.2) is 0 Å². The fourth-order valence-electron chi connectivity index (χ4n) is 2.14. The average molecular weight is 333 g/mol. The Balaban J connectivity index is 1.65. The number of nitrogens with one attached hydrogen (secondary N) is 1. The molecule has 0 saturated carbocycles. The van der Waals surface area contributed by atoms with Crippen LogP contribution in [0.3, 0.4) is 0 Å². The van der Waals surface area contributed by atoms with E-state index in [4.69, 9.17) is 22.1 Å². The minimum Gasteiger partial charge on any atom is -0.493 e. The van der Waals surface area contributed by atoms with Gasteiger partial charge in [0.25, 0.3) is 0 Å². The number of benzene rings is 2. The van der Waals surface area contributed by atoms with Gasteiger partial charge in [-0.25, -0.2) is 0 Å². The molecule has 1 amide bonds. The maximum Gasteiger partial charge on any atom is 0.224 e. The number of carbonyl (C=O) groups excluding carboxylic acids is 1. The number of ether oxygens (including phenoxy) is 1. The van der Waals surface area contributed by atoms with E-state index < -0.39 is 0 Å². The molecule has 0 spiro atoms. The number of halogens is 1. The zero-order valence-corrected chi connectivity index (χ0v) is 13.9. The Kier molecular flexibility index (Phi) is 6.29. The molecule has 3 N–H and O–H groups in total. The topological polar surface area (TPSA) is 64.3 Å². The molecule has 5 heteroatoms. The summed E-state index contributed by atoms with van der Waals surface area (Å²) in [7, 11) is 0. The summed E-state index contributed by atoms with van der Waals surface area (Å²) in [5, 5.41) is 3.58. The van der Waals surface area contributed by atoms with Crippen molar-refractivity contribution < 1.29 is 9.53 Å². The van der Waals surface area contributed by atoms with E-state index in [2.05, 4.69) is 5.32 Å². The highest BCUT2D eigenvalue weighted by molar-refractivity contribution is 6.30. The molecule has 0 saturated heterocycles. The van der Waals surface area contributed by atoms with Crippen molar-refractivity contribution in [1.82, 2.24) is 5.32 Å². The third kappa shape index (κ3) is 5.83. The number of hydrogen-bond acceptors (Lipinski definition) is 3. The molecule has 0 aromatic heterocycles. The summed E-state index contributed by atoms with van der Waals surface area (Å²) in [4.78, 5) is 11.8. The molecule has 2 aromatic carbocycles. The average Bonchev–Trinajstić information content (AvgIpc) is 2.51. The molecular weight excluding hydrogens is 312 g/mol. The second-order valence-corrected chi connectivity index (χ2v) is 5.82. The Bertz CT molecular complexity index is 657. The molecular formula is C18H21ClN2O2. The molecule has 0 aliphatic carbocycles. The standard InChI is InChI=1S/C18H21ClN2O2/c1-13-11-15(19)5-8-17(13)23-10-2-9-21-18(22)12-14-3-6-16(20)7-4-14/h3-8,11H,2,9-10,12,20H2,1H3,(H,21,22). The molecule has 4 nitrogen and oxygen atoms in total. The Morgan fingerprint density at radius 1 is 1.22 bits per heavy atom. The van der Waals surface area contributed by atoms with Crippen LogP contribution in [0.1, 0.15) is 17.5 Å². The number of aryl methyl sites for hydroxylation is 1. The molecule has 0 bridgehead atoms. The lowest BCUT2D eigenvalue weighted by Gasteiger charge is -2.10. The lowest BCUT2D eigenvalue weighted by atomic mass is 10.1. The van der Waals surface area contributed by atoms with Crippen molar-refractivity contribution in [3.05, 3.63) is 58.6 Å². The molecule has 122 valence electrons. The molecule has 0 unspecified atom stereocenters. The first kappa shape index (κ1) is 17.2. The van der Waals surface area contributed by atoms with E-state index >= 15 is 0 Å². The predicted molar refractivity (Wildman–Crippen MR) is 93.9 cm³/mol. The molecule has 0 aliphatic rings. The van der Waals surface area contributed by atoms with Gasteiger partial charge in [-0.2, -0.15) is 0 Å². The van der Waals surface area contributed by atoms with Gasteiger partial charge in [0.05, 0.1) is 13.0 Å². The predicted octanol–water partition coefficient (Wildman–Crippen LogP) is 3.36. The zero-order chi connectivity index (χ0) is 16.7. The summed E-state index contributed by atoms with van der Waals surface area (Å²) in [6, 6.07) is 12.8. The third-order valence-corrected chi connectivity index (χ3v) is 3.62. The normalized spacial score (nSPS) is 10.3.